The Labute approximate surface area is 103 Å². The zero-order valence-corrected chi connectivity index (χ0v) is 10.5. The van der Waals surface area contributed by atoms with Gasteiger partial charge in [-0.2, -0.15) is 0 Å². The molecule has 3 unspecified atom stereocenters. The Morgan fingerprint density at radius 2 is 2.35 bits per heavy atom. The second-order valence-electron chi connectivity index (χ2n) is 4.27. The number of halogens is 1. The molecule has 0 bridgehead atoms. The Hall–Kier alpha value is -0.940. The molecule has 0 aromatic heterocycles. The summed E-state index contributed by atoms with van der Waals surface area (Å²) >= 11 is 0. The first-order valence-corrected chi connectivity index (χ1v) is 6.99. The van der Waals surface area contributed by atoms with Crippen LogP contribution in [0.25, 0.3) is 0 Å². The molecule has 0 amide bonds. The largest absolute Gasteiger partial charge is 0.398 e. The van der Waals surface area contributed by atoms with E-state index in [2.05, 4.69) is 0 Å². The molecule has 1 aliphatic heterocycles. The molecule has 1 saturated heterocycles. The van der Waals surface area contributed by atoms with E-state index in [-0.39, 0.29) is 17.2 Å². The summed E-state index contributed by atoms with van der Waals surface area (Å²) in [7, 11) is -1.02. The van der Waals surface area contributed by atoms with Crippen LogP contribution < -0.4 is 5.73 Å². The van der Waals surface area contributed by atoms with Crippen LogP contribution >= 0.6 is 0 Å². The lowest BCUT2D eigenvalue weighted by Gasteiger charge is -2.14. The second-order valence-corrected chi connectivity index (χ2v) is 5.93. The summed E-state index contributed by atoms with van der Waals surface area (Å²) in [6.45, 7) is 2.60. The minimum atomic E-state index is -1.02. The SMILES string of the molecule is CC1OCCC1S(=O)Cc1ccc(F)cc1N. The lowest BCUT2D eigenvalue weighted by Crippen LogP contribution is -2.24. The third-order valence-corrected chi connectivity index (χ3v) is 4.94. The maximum absolute atomic E-state index is 12.9. The van der Waals surface area contributed by atoms with Gasteiger partial charge in [0.05, 0.1) is 17.1 Å². The van der Waals surface area contributed by atoms with Gasteiger partial charge in [0, 0.05) is 23.1 Å². The fraction of sp³-hybridized carbons (Fsp3) is 0.500. The van der Waals surface area contributed by atoms with Crippen LogP contribution in [-0.4, -0.2) is 22.2 Å². The van der Waals surface area contributed by atoms with Crippen LogP contribution in [0.2, 0.25) is 0 Å². The molecule has 0 spiro atoms. The van der Waals surface area contributed by atoms with Crippen LogP contribution in [0.4, 0.5) is 10.1 Å². The van der Waals surface area contributed by atoms with Gasteiger partial charge >= 0.3 is 0 Å². The number of hydrogen-bond donors (Lipinski definition) is 1. The Balaban J connectivity index is 2.07. The molecule has 17 heavy (non-hydrogen) atoms. The maximum Gasteiger partial charge on any atom is 0.125 e. The molecule has 0 saturated carbocycles. The number of hydrogen-bond acceptors (Lipinski definition) is 3. The topological polar surface area (TPSA) is 52.3 Å². The normalized spacial score (nSPS) is 26.0. The van der Waals surface area contributed by atoms with Crippen molar-refractivity contribution < 1.29 is 13.3 Å². The Morgan fingerprint density at radius 1 is 1.59 bits per heavy atom. The highest BCUT2D eigenvalue weighted by molar-refractivity contribution is 7.84. The van der Waals surface area contributed by atoms with Gasteiger partial charge in [-0.1, -0.05) is 6.07 Å². The van der Waals surface area contributed by atoms with Crippen LogP contribution in [0.15, 0.2) is 18.2 Å². The Kier molecular flexibility index (Phi) is 3.79. The molecule has 0 radical (unpaired) electrons. The average molecular weight is 257 g/mol. The van der Waals surface area contributed by atoms with Crippen molar-refractivity contribution in [1.82, 2.24) is 0 Å². The third-order valence-electron chi connectivity index (χ3n) is 3.05. The fourth-order valence-electron chi connectivity index (χ4n) is 2.01. The summed E-state index contributed by atoms with van der Waals surface area (Å²) in [5, 5.41) is 0.0550. The summed E-state index contributed by atoms with van der Waals surface area (Å²) in [6.07, 6.45) is 0.840. The minimum absolute atomic E-state index is 0.0255. The molecule has 2 rings (SSSR count). The van der Waals surface area contributed by atoms with Crippen LogP contribution in [0.5, 0.6) is 0 Å². The number of rotatable bonds is 3. The van der Waals surface area contributed by atoms with Crippen molar-refractivity contribution in [3.05, 3.63) is 29.6 Å². The average Bonchev–Trinajstić information content (AvgIpc) is 2.68. The second kappa shape index (κ2) is 5.14. The van der Waals surface area contributed by atoms with Gasteiger partial charge in [-0.05, 0) is 31.0 Å². The highest BCUT2D eigenvalue weighted by Crippen LogP contribution is 2.23. The lowest BCUT2D eigenvalue weighted by atomic mass is 10.2. The monoisotopic (exact) mass is 257 g/mol. The first-order chi connectivity index (χ1) is 8.08. The molecule has 1 aliphatic rings. The Morgan fingerprint density at radius 3 is 2.94 bits per heavy atom. The molecular weight excluding hydrogens is 241 g/mol. The van der Waals surface area contributed by atoms with Gasteiger partial charge in [0.2, 0.25) is 0 Å². The van der Waals surface area contributed by atoms with Gasteiger partial charge in [-0.3, -0.25) is 4.21 Å². The highest BCUT2D eigenvalue weighted by Gasteiger charge is 2.29. The third kappa shape index (κ3) is 2.84. The molecule has 0 aliphatic carbocycles. The van der Waals surface area contributed by atoms with E-state index in [1.165, 1.54) is 12.1 Å². The molecule has 1 aromatic rings. The van der Waals surface area contributed by atoms with Crippen LogP contribution in [0.3, 0.4) is 0 Å². The summed E-state index contributed by atoms with van der Waals surface area (Å²) in [5.41, 5.74) is 6.80. The number of anilines is 1. The van der Waals surface area contributed by atoms with E-state index in [4.69, 9.17) is 10.5 Å². The van der Waals surface area contributed by atoms with E-state index in [9.17, 15) is 8.60 Å². The predicted molar refractivity (Wildman–Crippen MR) is 66.5 cm³/mol. The van der Waals surface area contributed by atoms with E-state index < -0.39 is 10.8 Å². The molecule has 1 aromatic carbocycles. The molecular formula is C12H16FNO2S. The molecule has 5 heteroatoms. The van der Waals surface area contributed by atoms with Crippen molar-refractivity contribution in [3.63, 3.8) is 0 Å². The Bertz CT molecular complexity index is 439. The molecule has 1 heterocycles. The van der Waals surface area contributed by atoms with Crippen LogP contribution in [-0.2, 0) is 21.3 Å². The summed E-state index contributed by atoms with van der Waals surface area (Å²) < 4.78 is 30.4. The van der Waals surface area contributed by atoms with Crippen LogP contribution in [0.1, 0.15) is 18.9 Å². The first-order valence-electron chi connectivity index (χ1n) is 5.60. The number of nitrogens with two attached hydrogens (primary N) is 1. The molecule has 3 atom stereocenters. The highest BCUT2D eigenvalue weighted by atomic mass is 32.2. The summed E-state index contributed by atoms with van der Waals surface area (Å²) in [5.74, 6) is -0.000555. The minimum Gasteiger partial charge on any atom is -0.398 e. The molecule has 2 N–H and O–H groups in total. The number of ether oxygens (including phenoxy) is 1. The molecule has 3 nitrogen and oxygen atoms in total. The predicted octanol–water partition coefficient (Wildman–Crippen LogP) is 1.83. The fourth-order valence-corrected chi connectivity index (χ4v) is 3.66. The van der Waals surface area contributed by atoms with Gasteiger partial charge in [-0.15, -0.1) is 0 Å². The van der Waals surface area contributed by atoms with Crippen molar-refractivity contribution in [2.45, 2.75) is 30.5 Å². The van der Waals surface area contributed by atoms with Gasteiger partial charge in [-0.25, -0.2) is 4.39 Å². The maximum atomic E-state index is 12.9. The van der Waals surface area contributed by atoms with E-state index >= 15 is 0 Å². The summed E-state index contributed by atoms with van der Waals surface area (Å²) in [6, 6.07) is 4.21. The van der Waals surface area contributed by atoms with Crippen molar-refractivity contribution >= 4 is 16.5 Å². The first kappa shape index (κ1) is 12.5. The van der Waals surface area contributed by atoms with E-state index in [0.717, 1.165) is 12.0 Å². The van der Waals surface area contributed by atoms with Crippen molar-refractivity contribution in [2.75, 3.05) is 12.3 Å². The van der Waals surface area contributed by atoms with Gasteiger partial charge in [0.25, 0.3) is 0 Å². The quantitative estimate of drug-likeness (QED) is 0.841. The van der Waals surface area contributed by atoms with Gasteiger partial charge < -0.3 is 10.5 Å². The van der Waals surface area contributed by atoms with E-state index in [1.807, 2.05) is 6.92 Å². The molecule has 94 valence electrons. The lowest BCUT2D eigenvalue weighted by molar-refractivity contribution is 0.127. The number of nitrogen functional groups attached to an aromatic ring is 1. The van der Waals surface area contributed by atoms with E-state index in [1.54, 1.807) is 6.07 Å². The smallest absolute Gasteiger partial charge is 0.125 e. The van der Waals surface area contributed by atoms with Gasteiger partial charge in [0.1, 0.15) is 5.82 Å². The van der Waals surface area contributed by atoms with Crippen molar-refractivity contribution in [2.24, 2.45) is 0 Å². The van der Waals surface area contributed by atoms with Crippen LogP contribution in [0, 0.1) is 5.82 Å². The van der Waals surface area contributed by atoms with Crippen molar-refractivity contribution in [3.8, 4) is 0 Å². The zero-order valence-electron chi connectivity index (χ0n) is 9.69. The molecule has 1 fully saturated rings. The zero-order chi connectivity index (χ0) is 12.4. The van der Waals surface area contributed by atoms with E-state index in [0.29, 0.717) is 18.0 Å². The van der Waals surface area contributed by atoms with Crippen molar-refractivity contribution in [1.29, 1.82) is 0 Å². The standard InChI is InChI=1S/C12H16FNO2S/c1-8-12(4-5-16-8)17(15)7-9-2-3-10(13)6-11(9)14/h2-3,6,8,12H,4-5,7,14H2,1H3. The summed E-state index contributed by atoms with van der Waals surface area (Å²) in [4.78, 5) is 0. The number of benzene rings is 1. The van der Waals surface area contributed by atoms with Gasteiger partial charge in [0.15, 0.2) is 0 Å².